The minimum Gasteiger partial charge on any atom is -0.490 e. The third-order valence-electron chi connectivity index (χ3n) is 3.50. The van der Waals surface area contributed by atoms with Crippen molar-refractivity contribution in [1.29, 1.82) is 0 Å². The summed E-state index contributed by atoms with van der Waals surface area (Å²) in [7, 11) is 0. The Morgan fingerprint density at radius 2 is 1.90 bits per heavy atom. The number of nitro groups is 1. The Hall–Kier alpha value is -2.11. The number of carbonyl (C=O) groups is 1. The van der Waals surface area contributed by atoms with Crippen molar-refractivity contribution >= 4 is 11.7 Å². The van der Waals surface area contributed by atoms with E-state index in [0.29, 0.717) is 5.75 Å². The molecule has 2 rings (SSSR count). The predicted molar refractivity (Wildman–Crippen MR) is 72.2 cm³/mol. The van der Waals surface area contributed by atoms with Gasteiger partial charge in [-0.2, -0.15) is 0 Å². The van der Waals surface area contributed by atoms with Gasteiger partial charge in [0, 0.05) is 12.1 Å². The van der Waals surface area contributed by atoms with Gasteiger partial charge < -0.3 is 9.84 Å². The Kier molecular flexibility index (Phi) is 4.55. The maximum absolute atomic E-state index is 11.1. The van der Waals surface area contributed by atoms with Gasteiger partial charge in [-0.3, -0.25) is 10.1 Å². The lowest BCUT2D eigenvalue weighted by molar-refractivity contribution is -0.385. The molecule has 1 aromatic carbocycles. The SMILES string of the molecule is O=C(O)c1cc(OC2CCCCCC2)ccc1[N+](=O)[O-]. The molecule has 0 radical (unpaired) electrons. The lowest BCUT2D eigenvalue weighted by Gasteiger charge is -2.17. The number of hydrogen-bond acceptors (Lipinski definition) is 4. The highest BCUT2D eigenvalue weighted by Gasteiger charge is 2.21. The topological polar surface area (TPSA) is 89.7 Å². The van der Waals surface area contributed by atoms with E-state index in [1.54, 1.807) is 0 Å². The first-order valence-electron chi connectivity index (χ1n) is 6.76. The first-order valence-corrected chi connectivity index (χ1v) is 6.76. The van der Waals surface area contributed by atoms with Crippen molar-refractivity contribution in [2.75, 3.05) is 0 Å². The number of carboxylic acids is 1. The van der Waals surface area contributed by atoms with E-state index in [9.17, 15) is 14.9 Å². The second kappa shape index (κ2) is 6.36. The van der Waals surface area contributed by atoms with Crippen LogP contribution in [-0.2, 0) is 0 Å². The average molecular weight is 279 g/mol. The molecule has 6 heteroatoms. The van der Waals surface area contributed by atoms with Crippen LogP contribution in [-0.4, -0.2) is 22.1 Å². The van der Waals surface area contributed by atoms with Crippen molar-refractivity contribution in [2.24, 2.45) is 0 Å². The van der Waals surface area contributed by atoms with Crippen molar-refractivity contribution in [3.8, 4) is 5.75 Å². The van der Waals surface area contributed by atoms with Gasteiger partial charge in [0.05, 0.1) is 11.0 Å². The molecule has 1 saturated carbocycles. The number of aromatic carboxylic acids is 1. The zero-order valence-electron chi connectivity index (χ0n) is 11.1. The van der Waals surface area contributed by atoms with Crippen molar-refractivity contribution in [3.05, 3.63) is 33.9 Å². The van der Waals surface area contributed by atoms with Gasteiger partial charge >= 0.3 is 5.97 Å². The molecule has 0 aromatic heterocycles. The first-order chi connectivity index (χ1) is 9.58. The number of nitro benzene ring substituents is 1. The monoisotopic (exact) mass is 279 g/mol. The van der Waals surface area contributed by atoms with E-state index in [0.717, 1.165) is 25.7 Å². The zero-order chi connectivity index (χ0) is 14.5. The van der Waals surface area contributed by atoms with E-state index >= 15 is 0 Å². The second-order valence-electron chi connectivity index (χ2n) is 4.97. The van der Waals surface area contributed by atoms with Crippen LogP contribution in [0, 0.1) is 10.1 Å². The van der Waals surface area contributed by atoms with Crippen LogP contribution >= 0.6 is 0 Å². The van der Waals surface area contributed by atoms with Gasteiger partial charge in [0.1, 0.15) is 11.3 Å². The van der Waals surface area contributed by atoms with Crippen molar-refractivity contribution in [3.63, 3.8) is 0 Å². The second-order valence-corrected chi connectivity index (χ2v) is 4.97. The molecule has 0 aliphatic heterocycles. The highest BCUT2D eigenvalue weighted by atomic mass is 16.6. The molecule has 108 valence electrons. The standard InChI is InChI=1S/C14H17NO5/c16-14(17)12-9-11(7-8-13(12)15(18)19)20-10-5-3-1-2-4-6-10/h7-10H,1-6H2,(H,16,17). The lowest BCUT2D eigenvalue weighted by Crippen LogP contribution is -2.15. The van der Waals surface area contributed by atoms with Crippen molar-refractivity contribution in [2.45, 2.75) is 44.6 Å². The highest BCUT2D eigenvalue weighted by Crippen LogP contribution is 2.27. The number of hydrogen-bond donors (Lipinski definition) is 1. The molecule has 20 heavy (non-hydrogen) atoms. The largest absolute Gasteiger partial charge is 0.490 e. The summed E-state index contributed by atoms with van der Waals surface area (Å²) in [5.74, 6) is -0.928. The first kappa shape index (κ1) is 14.3. The Morgan fingerprint density at radius 1 is 1.25 bits per heavy atom. The summed E-state index contributed by atoms with van der Waals surface area (Å²) in [6.45, 7) is 0. The smallest absolute Gasteiger partial charge is 0.342 e. The third kappa shape index (κ3) is 3.46. The molecular weight excluding hydrogens is 262 g/mol. The van der Waals surface area contributed by atoms with Crippen LogP contribution in [0.5, 0.6) is 5.75 Å². The molecule has 0 spiro atoms. The summed E-state index contributed by atoms with van der Waals surface area (Å²) in [5, 5.41) is 19.8. The molecule has 1 N–H and O–H groups in total. The number of benzene rings is 1. The molecule has 0 heterocycles. The molecule has 0 unspecified atom stereocenters. The van der Waals surface area contributed by atoms with Gasteiger partial charge in [-0.1, -0.05) is 12.8 Å². The fourth-order valence-electron chi connectivity index (χ4n) is 2.47. The van der Waals surface area contributed by atoms with Crippen LogP contribution in [0.1, 0.15) is 48.9 Å². The summed E-state index contributed by atoms with van der Waals surface area (Å²) in [6.07, 6.45) is 6.55. The fourth-order valence-corrected chi connectivity index (χ4v) is 2.47. The average Bonchev–Trinajstić information content (AvgIpc) is 2.67. The molecule has 0 saturated heterocycles. The van der Waals surface area contributed by atoms with Gasteiger partial charge in [0.25, 0.3) is 5.69 Å². The summed E-state index contributed by atoms with van der Waals surface area (Å²) in [4.78, 5) is 21.1. The third-order valence-corrected chi connectivity index (χ3v) is 3.50. The van der Waals surface area contributed by atoms with Gasteiger partial charge in [0.15, 0.2) is 0 Å². The van der Waals surface area contributed by atoms with Crippen molar-refractivity contribution < 1.29 is 19.6 Å². The predicted octanol–water partition coefficient (Wildman–Crippen LogP) is 3.39. The molecule has 1 aliphatic carbocycles. The molecule has 0 amide bonds. The van der Waals surface area contributed by atoms with Crippen LogP contribution in [0.2, 0.25) is 0 Å². The van der Waals surface area contributed by atoms with E-state index in [-0.39, 0.29) is 11.7 Å². The normalized spacial score (nSPS) is 16.4. The van der Waals surface area contributed by atoms with Crippen LogP contribution in [0.25, 0.3) is 0 Å². The molecule has 1 aliphatic rings. The maximum atomic E-state index is 11.1. The summed E-state index contributed by atoms with van der Waals surface area (Å²) < 4.78 is 5.77. The quantitative estimate of drug-likeness (QED) is 0.518. The molecule has 1 fully saturated rings. The van der Waals surface area contributed by atoms with Gasteiger partial charge in [-0.05, 0) is 31.7 Å². The van der Waals surface area contributed by atoms with E-state index in [4.69, 9.17) is 9.84 Å². The zero-order valence-corrected chi connectivity index (χ0v) is 11.1. The minimum absolute atomic E-state index is 0.0700. The van der Waals surface area contributed by atoms with Crippen LogP contribution in [0.15, 0.2) is 18.2 Å². The Labute approximate surface area is 116 Å². The maximum Gasteiger partial charge on any atom is 0.342 e. The molecule has 0 atom stereocenters. The number of nitrogens with zero attached hydrogens (tertiary/aromatic N) is 1. The molecule has 0 bridgehead atoms. The van der Waals surface area contributed by atoms with Gasteiger partial charge in [-0.15, -0.1) is 0 Å². The number of rotatable bonds is 4. The highest BCUT2D eigenvalue weighted by molar-refractivity contribution is 5.92. The number of ether oxygens (including phenoxy) is 1. The molecule has 1 aromatic rings. The minimum atomic E-state index is -1.32. The van der Waals surface area contributed by atoms with E-state index in [1.165, 1.54) is 31.0 Å². The Balaban J connectivity index is 2.18. The lowest BCUT2D eigenvalue weighted by atomic mass is 10.1. The van der Waals surface area contributed by atoms with Crippen LogP contribution in [0.4, 0.5) is 5.69 Å². The molecule has 6 nitrogen and oxygen atoms in total. The van der Waals surface area contributed by atoms with Crippen LogP contribution < -0.4 is 4.74 Å². The Morgan fingerprint density at radius 3 is 2.45 bits per heavy atom. The van der Waals surface area contributed by atoms with Crippen molar-refractivity contribution in [1.82, 2.24) is 0 Å². The molecular formula is C14H17NO5. The Bertz CT molecular complexity index is 506. The van der Waals surface area contributed by atoms with E-state index in [2.05, 4.69) is 0 Å². The fraction of sp³-hybridized carbons (Fsp3) is 0.500. The van der Waals surface area contributed by atoms with E-state index < -0.39 is 16.6 Å². The summed E-state index contributed by atoms with van der Waals surface area (Å²) >= 11 is 0. The summed E-state index contributed by atoms with van der Waals surface area (Å²) in [6, 6.07) is 3.90. The van der Waals surface area contributed by atoms with Crippen LogP contribution in [0.3, 0.4) is 0 Å². The van der Waals surface area contributed by atoms with E-state index in [1.807, 2.05) is 0 Å². The number of carboxylic acid groups (broad SMARTS) is 1. The summed E-state index contributed by atoms with van der Waals surface area (Å²) in [5.41, 5.74) is -0.744. The van der Waals surface area contributed by atoms with Gasteiger partial charge in [-0.25, -0.2) is 4.79 Å². The van der Waals surface area contributed by atoms with Gasteiger partial charge in [0.2, 0.25) is 0 Å².